The monoisotopic (exact) mass is 263 g/mol. The second kappa shape index (κ2) is 5.01. The van der Waals surface area contributed by atoms with Crippen LogP contribution in [0, 0.1) is 5.41 Å². The SMILES string of the molecule is N=C1N=C(c2ccccc2)c2ccccc2NC1=CO. The third-order valence-electron chi connectivity index (χ3n) is 3.11. The Morgan fingerprint density at radius 3 is 2.45 bits per heavy atom. The van der Waals surface area contributed by atoms with Gasteiger partial charge in [-0.1, -0.05) is 48.5 Å². The molecule has 4 nitrogen and oxygen atoms in total. The van der Waals surface area contributed by atoms with Gasteiger partial charge in [0.2, 0.25) is 0 Å². The Hall–Kier alpha value is -2.88. The van der Waals surface area contributed by atoms with Crippen LogP contribution in [0.1, 0.15) is 11.1 Å². The molecule has 2 aromatic carbocycles. The molecule has 0 fully saturated rings. The number of hydrogen-bond donors (Lipinski definition) is 3. The average Bonchev–Trinajstić information content (AvgIpc) is 2.65. The zero-order valence-electron chi connectivity index (χ0n) is 10.7. The largest absolute Gasteiger partial charge is 0.513 e. The van der Waals surface area contributed by atoms with E-state index in [4.69, 9.17) is 5.41 Å². The Kier molecular flexibility index (Phi) is 3.05. The molecular formula is C16H13N3O. The van der Waals surface area contributed by atoms with Crippen LogP contribution in [-0.2, 0) is 0 Å². The Morgan fingerprint density at radius 1 is 1.00 bits per heavy atom. The first-order valence-corrected chi connectivity index (χ1v) is 6.23. The summed E-state index contributed by atoms with van der Waals surface area (Å²) in [5.74, 6) is 0.00236. The summed E-state index contributed by atoms with van der Waals surface area (Å²) >= 11 is 0. The van der Waals surface area contributed by atoms with Gasteiger partial charge in [0.25, 0.3) is 0 Å². The quantitative estimate of drug-likeness (QED) is 0.691. The number of nitrogens with zero attached hydrogens (tertiary/aromatic N) is 1. The fourth-order valence-corrected chi connectivity index (χ4v) is 2.14. The number of aliphatic hydroxyl groups excluding tert-OH is 1. The third-order valence-corrected chi connectivity index (χ3v) is 3.11. The van der Waals surface area contributed by atoms with E-state index in [1.807, 2.05) is 54.6 Å². The molecule has 1 heterocycles. The van der Waals surface area contributed by atoms with Crippen LogP contribution in [0.4, 0.5) is 5.69 Å². The number of aliphatic imine (C=N–C) groups is 1. The van der Waals surface area contributed by atoms with E-state index in [-0.39, 0.29) is 11.5 Å². The highest BCUT2D eigenvalue weighted by atomic mass is 16.2. The van der Waals surface area contributed by atoms with Crippen molar-refractivity contribution in [3.63, 3.8) is 0 Å². The normalized spacial score (nSPS) is 16.1. The minimum atomic E-state index is 0.00236. The summed E-state index contributed by atoms with van der Waals surface area (Å²) in [6.07, 6.45) is 0.872. The van der Waals surface area contributed by atoms with Crippen molar-refractivity contribution in [1.29, 1.82) is 5.41 Å². The summed E-state index contributed by atoms with van der Waals surface area (Å²) in [7, 11) is 0. The van der Waals surface area contributed by atoms with Gasteiger partial charge in [-0.3, -0.25) is 5.41 Å². The third kappa shape index (κ3) is 2.07. The highest BCUT2D eigenvalue weighted by Gasteiger charge is 2.18. The number of fused-ring (bicyclic) bond motifs is 1. The summed E-state index contributed by atoms with van der Waals surface area (Å²) in [6.45, 7) is 0. The lowest BCUT2D eigenvalue weighted by Crippen LogP contribution is -2.07. The maximum Gasteiger partial charge on any atom is 0.172 e. The van der Waals surface area contributed by atoms with E-state index in [9.17, 15) is 5.11 Å². The van der Waals surface area contributed by atoms with Crippen molar-refractivity contribution in [2.75, 3.05) is 5.32 Å². The van der Waals surface area contributed by atoms with Gasteiger partial charge in [-0.2, -0.15) is 0 Å². The fraction of sp³-hybridized carbons (Fsp3) is 0. The molecule has 4 heteroatoms. The number of para-hydroxylation sites is 1. The lowest BCUT2D eigenvalue weighted by Gasteiger charge is -2.09. The van der Waals surface area contributed by atoms with E-state index < -0.39 is 0 Å². The molecule has 3 rings (SSSR count). The predicted octanol–water partition coefficient (Wildman–Crippen LogP) is 3.33. The van der Waals surface area contributed by atoms with E-state index in [2.05, 4.69) is 10.3 Å². The molecule has 3 N–H and O–H groups in total. The van der Waals surface area contributed by atoms with Crippen molar-refractivity contribution in [3.8, 4) is 0 Å². The fourth-order valence-electron chi connectivity index (χ4n) is 2.14. The molecule has 20 heavy (non-hydrogen) atoms. The number of nitrogens with one attached hydrogen (secondary N) is 2. The number of benzodiazepines with no additional fused rings is 1. The van der Waals surface area contributed by atoms with Crippen LogP contribution < -0.4 is 5.32 Å². The molecule has 0 atom stereocenters. The van der Waals surface area contributed by atoms with Crippen molar-refractivity contribution in [3.05, 3.63) is 77.7 Å². The van der Waals surface area contributed by atoms with Crippen molar-refractivity contribution in [2.24, 2.45) is 4.99 Å². The minimum absolute atomic E-state index is 0.00236. The minimum Gasteiger partial charge on any atom is -0.513 e. The summed E-state index contributed by atoms with van der Waals surface area (Å²) in [5.41, 5.74) is 3.66. The van der Waals surface area contributed by atoms with Crippen molar-refractivity contribution in [1.82, 2.24) is 0 Å². The average molecular weight is 263 g/mol. The molecule has 1 aliphatic heterocycles. The smallest absolute Gasteiger partial charge is 0.172 e. The first-order chi connectivity index (χ1) is 9.79. The standard InChI is InChI=1S/C16H13N3O/c17-16-14(10-20)18-13-9-5-4-8-12(13)15(19-16)11-6-2-1-3-7-11/h1-10,17-18,20H. The number of benzene rings is 2. The molecule has 0 saturated heterocycles. The van der Waals surface area contributed by atoms with E-state index in [0.29, 0.717) is 0 Å². The van der Waals surface area contributed by atoms with Crippen LogP contribution >= 0.6 is 0 Å². The van der Waals surface area contributed by atoms with Crippen molar-refractivity contribution < 1.29 is 5.11 Å². The highest BCUT2D eigenvalue weighted by molar-refractivity contribution is 6.23. The van der Waals surface area contributed by atoms with Crippen LogP contribution in [-0.4, -0.2) is 16.7 Å². The second-order valence-electron chi connectivity index (χ2n) is 4.39. The van der Waals surface area contributed by atoms with Crippen LogP contribution in [0.15, 0.2) is 71.5 Å². The topological polar surface area (TPSA) is 68.5 Å². The molecule has 0 unspecified atom stereocenters. The van der Waals surface area contributed by atoms with Gasteiger partial charge < -0.3 is 10.4 Å². The Morgan fingerprint density at radius 2 is 1.70 bits per heavy atom. The van der Waals surface area contributed by atoms with E-state index >= 15 is 0 Å². The lowest BCUT2D eigenvalue weighted by molar-refractivity contribution is 0.470. The van der Waals surface area contributed by atoms with E-state index in [0.717, 1.165) is 28.8 Å². The Labute approximate surface area is 116 Å². The first kappa shape index (κ1) is 12.2. The maximum atomic E-state index is 9.23. The van der Waals surface area contributed by atoms with E-state index in [1.54, 1.807) is 0 Å². The zero-order valence-corrected chi connectivity index (χ0v) is 10.7. The number of anilines is 1. The summed E-state index contributed by atoms with van der Waals surface area (Å²) in [6, 6.07) is 17.4. The molecule has 0 amide bonds. The summed E-state index contributed by atoms with van der Waals surface area (Å²) < 4.78 is 0. The molecule has 98 valence electrons. The molecule has 0 radical (unpaired) electrons. The van der Waals surface area contributed by atoms with Gasteiger partial charge in [-0.25, -0.2) is 4.99 Å². The Bertz CT molecular complexity index is 718. The molecule has 0 bridgehead atoms. The molecular weight excluding hydrogens is 250 g/mol. The molecule has 0 aromatic heterocycles. The van der Waals surface area contributed by atoms with E-state index in [1.165, 1.54) is 0 Å². The van der Waals surface area contributed by atoms with Crippen molar-refractivity contribution >= 4 is 17.2 Å². The Balaban J connectivity index is 2.24. The summed E-state index contributed by atoms with van der Waals surface area (Å²) in [4.78, 5) is 4.35. The number of hydrogen-bond acceptors (Lipinski definition) is 3. The molecule has 1 aliphatic rings. The molecule has 0 aliphatic carbocycles. The number of amidine groups is 1. The first-order valence-electron chi connectivity index (χ1n) is 6.23. The van der Waals surface area contributed by atoms with Crippen LogP contribution in [0.3, 0.4) is 0 Å². The van der Waals surface area contributed by atoms with Gasteiger partial charge in [-0.05, 0) is 6.07 Å². The van der Waals surface area contributed by atoms with Gasteiger partial charge in [0, 0.05) is 16.8 Å². The van der Waals surface area contributed by atoms with Crippen molar-refractivity contribution in [2.45, 2.75) is 0 Å². The van der Waals surface area contributed by atoms with Gasteiger partial charge >= 0.3 is 0 Å². The number of aliphatic hydroxyl groups is 1. The van der Waals surface area contributed by atoms with Gasteiger partial charge in [-0.15, -0.1) is 0 Å². The van der Waals surface area contributed by atoms with Crippen LogP contribution in [0.25, 0.3) is 0 Å². The van der Waals surface area contributed by atoms with Gasteiger partial charge in [0.1, 0.15) is 12.0 Å². The zero-order chi connectivity index (χ0) is 13.9. The second-order valence-corrected chi connectivity index (χ2v) is 4.39. The number of rotatable bonds is 1. The van der Waals surface area contributed by atoms with Gasteiger partial charge in [0.15, 0.2) is 5.84 Å². The molecule has 0 saturated carbocycles. The lowest BCUT2D eigenvalue weighted by atomic mass is 10.0. The van der Waals surface area contributed by atoms with Crippen LogP contribution in [0.2, 0.25) is 0 Å². The molecule has 0 spiro atoms. The predicted molar refractivity (Wildman–Crippen MR) is 80.6 cm³/mol. The highest BCUT2D eigenvalue weighted by Crippen LogP contribution is 2.25. The summed E-state index contributed by atoms with van der Waals surface area (Å²) in [5, 5.41) is 20.2. The van der Waals surface area contributed by atoms with Crippen LogP contribution in [0.5, 0.6) is 0 Å². The molecule has 2 aromatic rings. The van der Waals surface area contributed by atoms with Gasteiger partial charge in [0.05, 0.1) is 5.71 Å². The maximum absolute atomic E-state index is 9.23.